The number of benzene rings is 3. The summed E-state index contributed by atoms with van der Waals surface area (Å²) >= 11 is 1.43. The second-order valence-corrected chi connectivity index (χ2v) is 7.31. The summed E-state index contributed by atoms with van der Waals surface area (Å²) in [6, 6.07) is 24.5. The molecule has 136 valence electrons. The number of carbonyl (C=O) groups excluding carboxylic acids is 1. The zero-order valence-electron chi connectivity index (χ0n) is 15.2. The number of hydrogen-bond donors (Lipinski definition) is 2. The Morgan fingerprint density at radius 2 is 1.85 bits per heavy atom. The molecule has 4 nitrogen and oxygen atoms in total. The number of nitrogens with two attached hydrogens (primary N) is 1. The minimum atomic E-state index is -0.0490. The molecule has 0 saturated carbocycles. The summed E-state index contributed by atoms with van der Waals surface area (Å²) in [5, 5.41) is 16.2. The van der Waals surface area contributed by atoms with Crippen LogP contribution < -0.4 is 10.6 Å². The van der Waals surface area contributed by atoms with Crippen molar-refractivity contribution >= 4 is 34.1 Å². The van der Waals surface area contributed by atoms with Crippen LogP contribution in [0.3, 0.4) is 0 Å². The van der Waals surface area contributed by atoms with Gasteiger partial charge in [0.05, 0.1) is 17.5 Å². The summed E-state index contributed by atoms with van der Waals surface area (Å²) in [5.41, 5.74) is 1.99. The van der Waals surface area contributed by atoms with Gasteiger partial charge in [-0.05, 0) is 29.8 Å². The van der Waals surface area contributed by atoms with E-state index in [1.807, 2.05) is 41.7 Å². The van der Waals surface area contributed by atoms with Gasteiger partial charge in [-0.2, -0.15) is 5.26 Å². The highest BCUT2D eigenvalue weighted by Gasteiger charge is 2.15. The van der Waals surface area contributed by atoms with Gasteiger partial charge < -0.3 is 10.6 Å². The Balaban J connectivity index is 1.63. The number of nitrogens with zero attached hydrogens (tertiary/aromatic N) is 1. The lowest BCUT2D eigenvalue weighted by molar-refractivity contribution is -0.682. The van der Waals surface area contributed by atoms with Crippen LogP contribution in [0, 0.1) is 11.3 Å². The van der Waals surface area contributed by atoms with Crippen LogP contribution in [0.4, 0.5) is 5.69 Å². The predicted octanol–water partition coefficient (Wildman–Crippen LogP) is 3.72. The highest BCUT2D eigenvalue weighted by atomic mass is 32.2. The number of nitrogens with one attached hydrogen (secondary N) is 1. The van der Waals surface area contributed by atoms with Crippen molar-refractivity contribution in [2.75, 3.05) is 17.6 Å². The number of thioether (sulfide) groups is 1. The monoisotopic (exact) mass is 376 g/mol. The van der Waals surface area contributed by atoms with E-state index < -0.39 is 0 Å². The number of carbonyl (C=O) groups is 1. The molecule has 0 saturated heterocycles. The maximum absolute atomic E-state index is 12.4. The van der Waals surface area contributed by atoms with Crippen molar-refractivity contribution in [3.63, 3.8) is 0 Å². The largest absolute Gasteiger partial charge is 0.332 e. The topological polar surface area (TPSA) is 69.5 Å². The number of anilines is 1. The zero-order valence-corrected chi connectivity index (χ0v) is 16.0. The highest BCUT2D eigenvalue weighted by molar-refractivity contribution is 7.99. The SMILES string of the molecule is C[C@H]([NH2+]CC(=O)Nc1ccccc1SCC#N)c1cccc2ccccc12. The number of fused-ring (bicyclic) bond motifs is 1. The van der Waals surface area contributed by atoms with E-state index in [2.05, 4.69) is 48.6 Å². The van der Waals surface area contributed by atoms with Crippen molar-refractivity contribution in [3.05, 3.63) is 72.3 Å². The fourth-order valence-corrected chi connectivity index (χ4v) is 3.73. The summed E-state index contributed by atoms with van der Waals surface area (Å²) in [4.78, 5) is 13.3. The molecule has 1 amide bonds. The molecule has 0 unspecified atom stereocenters. The number of quaternary nitrogens is 1. The summed E-state index contributed by atoms with van der Waals surface area (Å²) in [6.07, 6.45) is 0. The van der Waals surface area contributed by atoms with Gasteiger partial charge in [-0.3, -0.25) is 4.79 Å². The van der Waals surface area contributed by atoms with Crippen molar-refractivity contribution in [3.8, 4) is 6.07 Å². The van der Waals surface area contributed by atoms with Gasteiger partial charge in [0, 0.05) is 10.5 Å². The molecule has 1 atom stereocenters. The first-order valence-electron chi connectivity index (χ1n) is 8.88. The van der Waals surface area contributed by atoms with Gasteiger partial charge in [0.2, 0.25) is 0 Å². The van der Waals surface area contributed by atoms with Gasteiger partial charge >= 0.3 is 0 Å². The van der Waals surface area contributed by atoms with Crippen LogP contribution >= 0.6 is 11.8 Å². The van der Waals surface area contributed by atoms with Gasteiger partial charge in [-0.25, -0.2) is 0 Å². The van der Waals surface area contributed by atoms with Crippen LogP contribution in [0.15, 0.2) is 71.6 Å². The minimum absolute atomic E-state index is 0.0490. The average Bonchev–Trinajstić information content (AvgIpc) is 2.71. The molecule has 27 heavy (non-hydrogen) atoms. The second-order valence-electron chi connectivity index (χ2n) is 6.29. The number of nitriles is 1. The Labute approximate surface area is 163 Å². The molecule has 0 spiro atoms. The Bertz CT molecular complexity index is 975. The lowest BCUT2D eigenvalue weighted by Gasteiger charge is -2.14. The number of rotatable bonds is 7. The summed E-state index contributed by atoms with van der Waals surface area (Å²) in [5.74, 6) is 0.309. The van der Waals surface area contributed by atoms with E-state index in [1.54, 1.807) is 0 Å². The van der Waals surface area contributed by atoms with Crippen LogP contribution in [-0.4, -0.2) is 18.2 Å². The van der Waals surface area contributed by atoms with Crippen LogP contribution in [-0.2, 0) is 4.79 Å². The Kier molecular flexibility index (Phi) is 6.48. The molecule has 0 radical (unpaired) electrons. The summed E-state index contributed by atoms with van der Waals surface area (Å²) in [7, 11) is 0. The minimum Gasteiger partial charge on any atom is -0.332 e. The first-order chi connectivity index (χ1) is 13.2. The van der Waals surface area contributed by atoms with Gasteiger partial charge in [0.15, 0.2) is 6.54 Å². The summed E-state index contributed by atoms with van der Waals surface area (Å²) < 4.78 is 0. The molecule has 0 aromatic heterocycles. The molecule has 0 heterocycles. The van der Waals surface area contributed by atoms with Crippen LogP contribution in [0.25, 0.3) is 10.8 Å². The number of para-hydroxylation sites is 1. The second kappa shape index (κ2) is 9.22. The Morgan fingerprint density at radius 3 is 2.70 bits per heavy atom. The van der Waals surface area contributed by atoms with Crippen molar-refractivity contribution in [1.82, 2.24) is 0 Å². The molecule has 0 bridgehead atoms. The van der Waals surface area contributed by atoms with E-state index in [4.69, 9.17) is 5.26 Å². The van der Waals surface area contributed by atoms with Crippen molar-refractivity contribution in [2.45, 2.75) is 17.9 Å². The molecule has 0 aliphatic carbocycles. The van der Waals surface area contributed by atoms with Crippen molar-refractivity contribution in [1.29, 1.82) is 5.26 Å². The van der Waals surface area contributed by atoms with E-state index in [0.29, 0.717) is 12.3 Å². The molecule has 0 aliphatic heterocycles. The van der Waals surface area contributed by atoms with Gasteiger partial charge in [0.1, 0.15) is 6.04 Å². The Morgan fingerprint density at radius 1 is 1.11 bits per heavy atom. The molecule has 3 N–H and O–H groups in total. The average molecular weight is 377 g/mol. The van der Waals surface area contributed by atoms with E-state index in [9.17, 15) is 4.79 Å². The quantitative estimate of drug-likeness (QED) is 0.618. The van der Waals surface area contributed by atoms with Crippen LogP contribution in [0.5, 0.6) is 0 Å². The third kappa shape index (κ3) is 4.88. The molecule has 0 fully saturated rings. The van der Waals surface area contributed by atoms with Gasteiger partial charge in [0.25, 0.3) is 5.91 Å². The lowest BCUT2D eigenvalue weighted by Crippen LogP contribution is -2.86. The van der Waals surface area contributed by atoms with Gasteiger partial charge in [-0.1, -0.05) is 54.6 Å². The predicted molar refractivity (Wildman–Crippen MR) is 111 cm³/mol. The first kappa shape index (κ1) is 19.0. The normalized spacial score (nSPS) is 11.7. The molecule has 0 aliphatic rings. The van der Waals surface area contributed by atoms with E-state index in [-0.39, 0.29) is 11.9 Å². The third-order valence-corrected chi connectivity index (χ3v) is 5.36. The molecule has 5 heteroatoms. The van der Waals surface area contributed by atoms with E-state index in [0.717, 1.165) is 10.6 Å². The number of amides is 1. The maximum atomic E-state index is 12.4. The van der Waals surface area contributed by atoms with Gasteiger partial charge in [-0.15, -0.1) is 11.8 Å². The maximum Gasteiger partial charge on any atom is 0.279 e. The highest BCUT2D eigenvalue weighted by Crippen LogP contribution is 2.26. The molecular weight excluding hydrogens is 354 g/mol. The fourth-order valence-electron chi connectivity index (χ4n) is 3.07. The van der Waals surface area contributed by atoms with Crippen LogP contribution in [0.2, 0.25) is 0 Å². The Hall–Kier alpha value is -2.81. The van der Waals surface area contributed by atoms with Crippen molar-refractivity contribution < 1.29 is 10.1 Å². The molecule has 3 rings (SSSR count). The summed E-state index contributed by atoms with van der Waals surface area (Å²) in [6.45, 7) is 2.45. The van der Waals surface area contributed by atoms with E-state index >= 15 is 0 Å². The smallest absolute Gasteiger partial charge is 0.279 e. The standard InChI is InChI=1S/C22H21N3OS/c1-16(18-10-6-8-17-7-2-3-9-19(17)18)24-15-22(26)25-20-11-4-5-12-21(20)27-14-13-23/h2-12,16,24H,14-15H2,1H3,(H,25,26)/p+1/t16-/m0/s1. The van der Waals surface area contributed by atoms with E-state index in [1.165, 1.54) is 28.1 Å². The fraction of sp³-hybridized carbons (Fsp3) is 0.182. The van der Waals surface area contributed by atoms with Crippen LogP contribution in [0.1, 0.15) is 18.5 Å². The molecule has 3 aromatic carbocycles. The molecular formula is C22H22N3OS+. The van der Waals surface area contributed by atoms with Crippen molar-refractivity contribution in [2.24, 2.45) is 0 Å². The third-order valence-electron chi connectivity index (χ3n) is 4.42. The lowest BCUT2D eigenvalue weighted by atomic mass is 10.00. The molecule has 3 aromatic rings. The first-order valence-corrected chi connectivity index (χ1v) is 9.87. The zero-order chi connectivity index (χ0) is 19.1. The number of hydrogen-bond acceptors (Lipinski definition) is 3.